The molecule has 0 saturated heterocycles. The van der Waals surface area contributed by atoms with E-state index in [4.69, 9.17) is 17.3 Å². The predicted octanol–water partition coefficient (Wildman–Crippen LogP) is 2.38. The van der Waals surface area contributed by atoms with E-state index >= 15 is 0 Å². The molecule has 0 saturated carbocycles. The Bertz CT molecular complexity index is 363. The molecule has 0 aliphatic heterocycles. The SMILES string of the molecule is NC(=O)c1c(I)cc(C(F)F)nc1Cl. The standard InChI is InChI=1S/C7H4ClF2IN2O/c8-5-4(7(12)14)2(11)1-3(13-5)6(9)10/h1,6H,(H2,12,14). The average Bonchev–Trinajstić information content (AvgIpc) is 2.01. The lowest BCUT2D eigenvalue weighted by Gasteiger charge is -2.05. The number of carbonyl (C=O) groups is 1. The number of aromatic nitrogens is 1. The van der Waals surface area contributed by atoms with Crippen LogP contribution in [0.25, 0.3) is 0 Å². The highest BCUT2D eigenvalue weighted by Gasteiger charge is 2.18. The van der Waals surface area contributed by atoms with Gasteiger partial charge in [-0.05, 0) is 28.7 Å². The van der Waals surface area contributed by atoms with E-state index in [0.717, 1.165) is 6.07 Å². The fourth-order valence-electron chi connectivity index (χ4n) is 0.833. The first kappa shape index (κ1) is 11.6. The molecule has 0 atom stereocenters. The Balaban J connectivity index is 3.32. The third kappa shape index (κ3) is 2.30. The van der Waals surface area contributed by atoms with E-state index in [2.05, 4.69) is 4.98 Å². The van der Waals surface area contributed by atoms with E-state index < -0.39 is 18.0 Å². The molecule has 1 aromatic rings. The van der Waals surface area contributed by atoms with E-state index in [9.17, 15) is 13.6 Å². The predicted molar refractivity (Wildman–Crippen MR) is 55.4 cm³/mol. The molecule has 0 fully saturated rings. The number of alkyl halides is 2. The molecule has 0 aromatic carbocycles. The molecular formula is C7H4ClF2IN2O. The fourth-order valence-corrected chi connectivity index (χ4v) is 2.13. The van der Waals surface area contributed by atoms with Gasteiger partial charge >= 0.3 is 0 Å². The summed E-state index contributed by atoms with van der Waals surface area (Å²) in [4.78, 5) is 14.2. The monoisotopic (exact) mass is 332 g/mol. The normalized spacial score (nSPS) is 10.6. The topological polar surface area (TPSA) is 56.0 Å². The first-order valence-corrected chi connectivity index (χ1v) is 4.83. The van der Waals surface area contributed by atoms with Crippen LogP contribution >= 0.6 is 34.2 Å². The summed E-state index contributed by atoms with van der Waals surface area (Å²) in [6, 6.07) is 1.08. The first-order valence-electron chi connectivity index (χ1n) is 3.37. The van der Waals surface area contributed by atoms with Crippen molar-refractivity contribution in [3.8, 4) is 0 Å². The van der Waals surface area contributed by atoms with Gasteiger partial charge in [-0.15, -0.1) is 0 Å². The lowest BCUT2D eigenvalue weighted by atomic mass is 10.2. The Morgan fingerprint density at radius 2 is 2.21 bits per heavy atom. The van der Waals surface area contributed by atoms with Crippen molar-refractivity contribution in [3.05, 3.63) is 26.0 Å². The number of rotatable bonds is 2. The van der Waals surface area contributed by atoms with Crippen molar-refractivity contribution in [2.24, 2.45) is 5.73 Å². The second-order valence-corrected chi connectivity index (χ2v) is 3.88. The second-order valence-electron chi connectivity index (χ2n) is 2.36. The molecule has 7 heteroatoms. The minimum atomic E-state index is -2.72. The van der Waals surface area contributed by atoms with Crippen LogP contribution in [-0.4, -0.2) is 10.9 Å². The molecule has 0 unspecified atom stereocenters. The smallest absolute Gasteiger partial charge is 0.280 e. The minimum absolute atomic E-state index is 0.0309. The van der Waals surface area contributed by atoms with Crippen molar-refractivity contribution in [1.82, 2.24) is 4.98 Å². The van der Waals surface area contributed by atoms with Crippen molar-refractivity contribution in [2.75, 3.05) is 0 Å². The van der Waals surface area contributed by atoms with E-state index in [1.807, 2.05) is 0 Å². The molecule has 14 heavy (non-hydrogen) atoms. The summed E-state index contributed by atoms with van der Waals surface area (Å²) in [7, 11) is 0. The number of primary amides is 1. The zero-order valence-corrected chi connectivity index (χ0v) is 9.51. The minimum Gasteiger partial charge on any atom is -0.365 e. The number of amides is 1. The highest BCUT2D eigenvalue weighted by molar-refractivity contribution is 14.1. The van der Waals surface area contributed by atoms with Crippen molar-refractivity contribution in [1.29, 1.82) is 0 Å². The lowest BCUT2D eigenvalue weighted by Crippen LogP contribution is -2.15. The Labute approximate surface area is 96.8 Å². The summed E-state index contributed by atoms with van der Waals surface area (Å²) >= 11 is 7.23. The van der Waals surface area contributed by atoms with Gasteiger partial charge in [0.2, 0.25) is 0 Å². The molecular weight excluding hydrogens is 328 g/mol. The number of nitrogens with two attached hydrogens (primary N) is 1. The Morgan fingerprint density at radius 1 is 1.64 bits per heavy atom. The van der Waals surface area contributed by atoms with Gasteiger partial charge in [-0.2, -0.15) is 0 Å². The van der Waals surface area contributed by atoms with Gasteiger partial charge in [0.05, 0.1) is 5.56 Å². The fraction of sp³-hybridized carbons (Fsp3) is 0.143. The van der Waals surface area contributed by atoms with Crippen LogP contribution in [0.1, 0.15) is 22.5 Å². The lowest BCUT2D eigenvalue weighted by molar-refractivity contribution is 0.0998. The van der Waals surface area contributed by atoms with E-state index in [1.54, 1.807) is 22.6 Å². The number of halogens is 4. The Hall–Kier alpha value is -0.500. The van der Waals surface area contributed by atoms with Crippen LogP contribution in [0.5, 0.6) is 0 Å². The number of hydrogen-bond donors (Lipinski definition) is 1. The van der Waals surface area contributed by atoms with Gasteiger partial charge < -0.3 is 5.73 Å². The van der Waals surface area contributed by atoms with Crippen LogP contribution in [0.2, 0.25) is 5.15 Å². The van der Waals surface area contributed by atoms with Gasteiger partial charge in [0, 0.05) is 3.57 Å². The van der Waals surface area contributed by atoms with Gasteiger partial charge in [-0.3, -0.25) is 4.79 Å². The summed E-state index contributed by atoms with van der Waals surface area (Å²) < 4.78 is 24.7. The molecule has 0 aliphatic carbocycles. The van der Waals surface area contributed by atoms with Crippen LogP contribution in [0.3, 0.4) is 0 Å². The molecule has 0 aliphatic rings. The highest BCUT2D eigenvalue weighted by atomic mass is 127. The summed E-state index contributed by atoms with van der Waals surface area (Å²) in [5.41, 5.74) is 4.49. The summed E-state index contributed by atoms with van der Waals surface area (Å²) in [5, 5.41) is -0.292. The van der Waals surface area contributed by atoms with Crippen LogP contribution < -0.4 is 5.73 Å². The van der Waals surface area contributed by atoms with Crippen LogP contribution in [-0.2, 0) is 0 Å². The Kier molecular flexibility index (Phi) is 3.59. The van der Waals surface area contributed by atoms with Gasteiger partial charge in [0.1, 0.15) is 10.8 Å². The molecule has 1 heterocycles. The number of carbonyl (C=O) groups excluding carboxylic acids is 1. The van der Waals surface area contributed by atoms with Gasteiger partial charge in [0.15, 0.2) is 0 Å². The molecule has 2 N–H and O–H groups in total. The van der Waals surface area contributed by atoms with Crippen molar-refractivity contribution < 1.29 is 13.6 Å². The van der Waals surface area contributed by atoms with Gasteiger partial charge in [-0.1, -0.05) is 11.6 Å². The summed E-state index contributed by atoms with van der Waals surface area (Å²) in [6.45, 7) is 0. The van der Waals surface area contributed by atoms with Gasteiger partial charge in [0.25, 0.3) is 12.3 Å². The van der Waals surface area contributed by atoms with E-state index in [1.165, 1.54) is 0 Å². The Morgan fingerprint density at radius 3 is 2.57 bits per heavy atom. The molecule has 1 amide bonds. The zero-order valence-electron chi connectivity index (χ0n) is 6.60. The number of pyridine rings is 1. The maximum Gasteiger partial charge on any atom is 0.280 e. The third-order valence-corrected chi connectivity index (χ3v) is 2.54. The molecule has 76 valence electrons. The second kappa shape index (κ2) is 4.35. The average molecular weight is 332 g/mol. The molecule has 0 radical (unpaired) electrons. The summed E-state index contributed by atoms with van der Waals surface area (Å²) in [6.07, 6.45) is -2.72. The van der Waals surface area contributed by atoms with Crippen molar-refractivity contribution >= 4 is 40.1 Å². The molecule has 1 rings (SSSR count). The van der Waals surface area contributed by atoms with E-state index in [-0.39, 0.29) is 14.3 Å². The van der Waals surface area contributed by atoms with Crippen LogP contribution in [0.4, 0.5) is 8.78 Å². The molecule has 1 aromatic heterocycles. The maximum atomic E-state index is 12.2. The van der Waals surface area contributed by atoms with Crippen molar-refractivity contribution in [3.63, 3.8) is 0 Å². The van der Waals surface area contributed by atoms with Gasteiger partial charge in [-0.25, -0.2) is 13.8 Å². The van der Waals surface area contributed by atoms with Crippen LogP contribution in [0, 0.1) is 3.57 Å². The largest absolute Gasteiger partial charge is 0.365 e. The third-order valence-electron chi connectivity index (χ3n) is 1.42. The van der Waals surface area contributed by atoms with Crippen molar-refractivity contribution in [2.45, 2.75) is 6.43 Å². The molecule has 3 nitrogen and oxygen atoms in total. The molecule has 0 spiro atoms. The van der Waals surface area contributed by atoms with Crippen LogP contribution in [0.15, 0.2) is 6.07 Å². The maximum absolute atomic E-state index is 12.2. The number of hydrogen-bond acceptors (Lipinski definition) is 2. The number of nitrogens with zero attached hydrogens (tertiary/aromatic N) is 1. The quantitative estimate of drug-likeness (QED) is 0.668. The zero-order chi connectivity index (χ0) is 10.9. The first-order chi connectivity index (χ1) is 6.43. The van der Waals surface area contributed by atoms with E-state index in [0.29, 0.717) is 0 Å². The highest BCUT2D eigenvalue weighted by Crippen LogP contribution is 2.25. The summed E-state index contributed by atoms with van der Waals surface area (Å²) in [5.74, 6) is -0.785. The molecule has 0 bridgehead atoms.